The van der Waals surface area contributed by atoms with Gasteiger partial charge in [-0.25, -0.2) is 0 Å². The van der Waals surface area contributed by atoms with E-state index in [4.69, 9.17) is 16.3 Å². The summed E-state index contributed by atoms with van der Waals surface area (Å²) in [7, 11) is 0. The van der Waals surface area contributed by atoms with Gasteiger partial charge in [0.15, 0.2) is 0 Å². The van der Waals surface area contributed by atoms with E-state index in [-0.39, 0.29) is 6.10 Å². The van der Waals surface area contributed by atoms with Gasteiger partial charge in [0, 0.05) is 0 Å². The zero-order valence-electron chi connectivity index (χ0n) is 10.3. The molecule has 3 rings (SSSR count). The van der Waals surface area contributed by atoms with Gasteiger partial charge >= 0.3 is 0 Å². The SMILES string of the molecule is Cc1cccc(Cl)c1OC1CCc2ccccc21. The van der Waals surface area contributed by atoms with Crippen LogP contribution in [0.4, 0.5) is 0 Å². The first-order valence-corrected chi connectivity index (χ1v) is 6.63. The Morgan fingerprint density at radius 1 is 1.11 bits per heavy atom. The molecule has 2 heteroatoms. The first-order valence-electron chi connectivity index (χ1n) is 6.25. The third-order valence-corrected chi connectivity index (χ3v) is 3.80. The van der Waals surface area contributed by atoms with Crippen molar-refractivity contribution in [1.29, 1.82) is 0 Å². The highest BCUT2D eigenvalue weighted by Crippen LogP contribution is 2.38. The number of fused-ring (bicyclic) bond motifs is 1. The maximum absolute atomic E-state index is 6.21. The summed E-state index contributed by atoms with van der Waals surface area (Å²) in [5, 5.41) is 0.694. The van der Waals surface area contributed by atoms with E-state index in [1.807, 2.05) is 25.1 Å². The van der Waals surface area contributed by atoms with Gasteiger partial charge in [-0.15, -0.1) is 0 Å². The number of hydrogen-bond donors (Lipinski definition) is 0. The molecule has 2 aromatic rings. The van der Waals surface area contributed by atoms with Crippen LogP contribution < -0.4 is 4.74 Å². The average molecular weight is 259 g/mol. The number of ether oxygens (including phenoxy) is 1. The Bertz CT molecular complexity index is 557. The Morgan fingerprint density at radius 2 is 1.94 bits per heavy atom. The molecule has 92 valence electrons. The molecule has 0 amide bonds. The van der Waals surface area contributed by atoms with Gasteiger partial charge in [0.05, 0.1) is 5.02 Å². The van der Waals surface area contributed by atoms with Crippen LogP contribution in [0.3, 0.4) is 0 Å². The van der Waals surface area contributed by atoms with Crippen molar-refractivity contribution in [3.05, 3.63) is 64.2 Å². The Hall–Kier alpha value is -1.47. The van der Waals surface area contributed by atoms with Crippen molar-refractivity contribution in [2.45, 2.75) is 25.9 Å². The fraction of sp³-hybridized carbons (Fsp3) is 0.250. The maximum atomic E-state index is 6.21. The Morgan fingerprint density at radius 3 is 2.78 bits per heavy atom. The van der Waals surface area contributed by atoms with E-state index in [0.717, 1.165) is 24.2 Å². The van der Waals surface area contributed by atoms with Crippen LogP contribution in [0.25, 0.3) is 0 Å². The summed E-state index contributed by atoms with van der Waals surface area (Å²) in [6.07, 6.45) is 2.26. The second kappa shape index (κ2) is 4.66. The standard InChI is InChI=1S/C16H15ClO/c1-11-5-4-8-14(17)16(11)18-15-10-9-12-6-2-3-7-13(12)15/h2-8,15H,9-10H2,1H3. The van der Waals surface area contributed by atoms with Crippen LogP contribution in [0.5, 0.6) is 5.75 Å². The van der Waals surface area contributed by atoms with E-state index in [0.29, 0.717) is 5.02 Å². The molecule has 0 spiro atoms. The topological polar surface area (TPSA) is 9.23 Å². The molecular weight excluding hydrogens is 244 g/mol. The summed E-state index contributed by atoms with van der Waals surface area (Å²) in [5.74, 6) is 0.820. The van der Waals surface area contributed by atoms with Crippen LogP contribution in [0, 0.1) is 6.92 Å². The van der Waals surface area contributed by atoms with Gasteiger partial charge in [-0.05, 0) is 42.5 Å². The first kappa shape index (κ1) is 11.6. The van der Waals surface area contributed by atoms with E-state index in [1.54, 1.807) is 0 Å². The van der Waals surface area contributed by atoms with Crippen LogP contribution in [-0.4, -0.2) is 0 Å². The van der Waals surface area contributed by atoms with E-state index in [1.165, 1.54) is 11.1 Å². The normalized spacial score (nSPS) is 17.6. The Labute approximate surface area is 112 Å². The summed E-state index contributed by atoms with van der Waals surface area (Å²) >= 11 is 6.21. The fourth-order valence-corrected chi connectivity index (χ4v) is 2.81. The van der Waals surface area contributed by atoms with Gasteiger partial charge in [0.25, 0.3) is 0 Å². The molecule has 2 aromatic carbocycles. The van der Waals surface area contributed by atoms with Crippen molar-refractivity contribution >= 4 is 11.6 Å². The van der Waals surface area contributed by atoms with Crippen molar-refractivity contribution in [2.75, 3.05) is 0 Å². The van der Waals surface area contributed by atoms with Crippen LogP contribution in [0.1, 0.15) is 29.2 Å². The predicted octanol–water partition coefficient (Wildman–Crippen LogP) is 4.71. The molecule has 0 saturated carbocycles. The molecule has 0 aromatic heterocycles. The van der Waals surface area contributed by atoms with Crippen LogP contribution in [0.2, 0.25) is 5.02 Å². The molecule has 1 atom stereocenters. The molecule has 0 bridgehead atoms. The molecule has 18 heavy (non-hydrogen) atoms. The summed E-state index contributed by atoms with van der Waals surface area (Å²) in [5.41, 5.74) is 3.79. The van der Waals surface area contributed by atoms with Crippen LogP contribution >= 0.6 is 11.6 Å². The number of halogens is 1. The number of aryl methyl sites for hydroxylation is 2. The quantitative estimate of drug-likeness (QED) is 0.758. The van der Waals surface area contributed by atoms with E-state index < -0.39 is 0 Å². The lowest BCUT2D eigenvalue weighted by Crippen LogP contribution is -2.04. The third kappa shape index (κ3) is 1.99. The maximum Gasteiger partial charge on any atom is 0.141 e. The zero-order chi connectivity index (χ0) is 12.5. The van der Waals surface area contributed by atoms with Gasteiger partial charge in [-0.2, -0.15) is 0 Å². The third-order valence-electron chi connectivity index (χ3n) is 3.50. The number of rotatable bonds is 2. The van der Waals surface area contributed by atoms with Crippen LogP contribution in [0.15, 0.2) is 42.5 Å². The molecule has 0 saturated heterocycles. The minimum atomic E-state index is 0.139. The predicted molar refractivity (Wildman–Crippen MR) is 74.3 cm³/mol. The van der Waals surface area contributed by atoms with Gasteiger partial charge in [-0.3, -0.25) is 0 Å². The number of benzene rings is 2. The van der Waals surface area contributed by atoms with Crippen molar-refractivity contribution in [3.8, 4) is 5.75 Å². The Kier molecular flexibility index (Phi) is 3.00. The minimum absolute atomic E-state index is 0.139. The smallest absolute Gasteiger partial charge is 0.141 e. The summed E-state index contributed by atoms with van der Waals surface area (Å²) < 4.78 is 6.13. The van der Waals surface area contributed by atoms with E-state index in [9.17, 15) is 0 Å². The fourth-order valence-electron chi connectivity index (χ4n) is 2.55. The molecule has 1 nitrogen and oxygen atoms in total. The van der Waals surface area contributed by atoms with Gasteiger partial charge < -0.3 is 4.74 Å². The van der Waals surface area contributed by atoms with Gasteiger partial charge in [0.2, 0.25) is 0 Å². The lowest BCUT2D eigenvalue weighted by Gasteiger charge is -2.17. The van der Waals surface area contributed by atoms with E-state index in [2.05, 4.69) is 24.3 Å². The zero-order valence-corrected chi connectivity index (χ0v) is 11.1. The average Bonchev–Trinajstić information content (AvgIpc) is 2.77. The molecular formula is C16H15ClO. The van der Waals surface area contributed by atoms with Crippen molar-refractivity contribution in [2.24, 2.45) is 0 Å². The van der Waals surface area contributed by atoms with E-state index >= 15 is 0 Å². The van der Waals surface area contributed by atoms with Crippen LogP contribution in [-0.2, 0) is 6.42 Å². The first-order chi connectivity index (χ1) is 8.75. The molecule has 0 heterocycles. The molecule has 0 aliphatic heterocycles. The number of para-hydroxylation sites is 1. The summed E-state index contributed by atoms with van der Waals surface area (Å²) in [4.78, 5) is 0. The van der Waals surface area contributed by atoms with Crippen molar-refractivity contribution in [1.82, 2.24) is 0 Å². The monoisotopic (exact) mass is 258 g/mol. The number of hydrogen-bond acceptors (Lipinski definition) is 1. The molecule has 0 N–H and O–H groups in total. The van der Waals surface area contributed by atoms with Gasteiger partial charge in [0.1, 0.15) is 11.9 Å². The van der Waals surface area contributed by atoms with Gasteiger partial charge in [-0.1, -0.05) is 48.0 Å². The lowest BCUT2D eigenvalue weighted by atomic mass is 10.1. The summed E-state index contributed by atoms with van der Waals surface area (Å²) in [6, 6.07) is 14.3. The second-order valence-corrected chi connectivity index (χ2v) is 5.14. The highest BCUT2D eigenvalue weighted by Gasteiger charge is 2.24. The molecule has 1 aliphatic rings. The Balaban J connectivity index is 1.91. The molecule has 1 aliphatic carbocycles. The van der Waals surface area contributed by atoms with Crippen molar-refractivity contribution < 1.29 is 4.74 Å². The largest absolute Gasteiger partial charge is 0.484 e. The molecule has 0 fully saturated rings. The molecule has 0 radical (unpaired) electrons. The summed E-state index contributed by atoms with van der Waals surface area (Å²) in [6.45, 7) is 2.03. The second-order valence-electron chi connectivity index (χ2n) is 4.73. The molecule has 1 unspecified atom stereocenters. The lowest BCUT2D eigenvalue weighted by molar-refractivity contribution is 0.206. The highest BCUT2D eigenvalue weighted by atomic mass is 35.5. The van der Waals surface area contributed by atoms with Crippen molar-refractivity contribution in [3.63, 3.8) is 0 Å². The highest BCUT2D eigenvalue weighted by molar-refractivity contribution is 6.32. The minimum Gasteiger partial charge on any atom is -0.484 e.